The predicted octanol–water partition coefficient (Wildman–Crippen LogP) is 2.48. The molecule has 21 heavy (non-hydrogen) atoms. The maximum absolute atomic E-state index is 12.4. The summed E-state index contributed by atoms with van der Waals surface area (Å²) in [5.74, 6) is 0. The SMILES string of the molecule is CN(C)C=NC(=O)NOCc1ncc(C(F)(F)F)cc1Cl. The second-order valence-electron chi connectivity index (χ2n) is 4.05. The van der Waals surface area contributed by atoms with Crippen molar-refractivity contribution in [1.82, 2.24) is 15.4 Å². The van der Waals surface area contributed by atoms with Gasteiger partial charge in [-0.2, -0.15) is 18.2 Å². The summed E-state index contributed by atoms with van der Waals surface area (Å²) in [6.45, 7) is -0.291. The Labute approximate surface area is 123 Å². The van der Waals surface area contributed by atoms with Crippen molar-refractivity contribution in [1.29, 1.82) is 0 Å². The molecular weight excluding hydrogens is 313 g/mol. The highest BCUT2D eigenvalue weighted by Gasteiger charge is 2.31. The van der Waals surface area contributed by atoms with Gasteiger partial charge in [-0.3, -0.25) is 9.82 Å². The van der Waals surface area contributed by atoms with E-state index in [1.54, 1.807) is 14.1 Å². The van der Waals surface area contributed by atoms with Gasteiger partial charge in [0.2, 0.25) is 0 Å². The molecule has 0 aromatic carbocycles. The van der Waals surface area contributed by atoms with Crippen LogP contribution in [0.5, 0.6) is 0 Å². The summed E-state index contributed by atoms with van der Waals surface area (Å²) >= 11 is 5.66. The smallest absolute Gasteiger partial charge is 0.369 e. The van der Waals surface area contributed by atoms with Gasteiger partial charge in [0.1, 0.15) is 6.61 Å². The number of hydroxylamine groups is 1. The maximum Gasteiger partial charge on any atom is 0.417 e. The second kappa shape index (κ2) is 7.23. The van der Waals surface area contributed by atoms with E-state index in [1.165, 1.54) is 11.2 Å². The van der Waals surface area contributed by atoms with Gasteiger partial charge in [-0.25, -0.2) is 10.3 Å². The quantitative estimate of drug-likeness (QED) is 0.525. The molecule has 1 heterocycles. The monoisotopic (exact) mass is 324 g/mol. The van der Waals surface area contributed by atoms with Gasteiger partial charge in [-0.15, -0.1) is 0 Å². The molecule has 0 bridgehead atoms. The van der Waals surface area contributed by atoms with Gasteiger partial charge < -0.3 is 4.90 Å². The Morgan fingerprint density at radius 2 is 2.24 bits per heavy atom. The van der Waals surface area contributed by atoms with Crippen LogP contribution in [0.25, 0.3) is 0 Å². The van der Waals surface area contributed by atoms with Gasteiger partial charge >= 0.3 is 12.2 Å². The number of nitrogens with one attached hydrogen (secondary N) is 1. The van der Waals surface area contributed by atoms with Crippen LogP contribution in [-0.4, -0.2) is 36.3 Å². The number of carbonyl (C=O) groups is 1. The summed E-state index contributed by atoms with van der Waals surface area (Å²) in [5.41, 5.74) is 1.07. The first-order chi connectivity index (χ1) is 9.70. The lowest BCUT2D eigenvalue weighted by Gasteiger charge is -2.09. The van der Waals surface area contributed by atoms with Crippen LogP contribution in [0.15, 0.2) is 17.3 Å². The minimum Gasteiger partial charge on any atom is -0.369 e. The van der Waals surface area contributed by atoms with Crippen molar-refractivity contribution in [2.24, 2.45) is 4.99 Å². The fourth-order valence-corrected chi connectivity index (χ4v) is 1.31. The standard InChI is InChI=1S/C11H12ClF3N4O2/c1-19(2)6-17-10(20)18-21-5-9-8(12)3-7(4-16-9)11(13,14)15/h3-4,6H,5H2,1-2H3,(H,18,20). The van der Waals surface area contributed by atoms with E-state index < -0.39 is 17.8 Å². The Balaban J connectivity index is 2.55. The lowest BCUT2D eigenvalue weighted by Crippen LogP contribution is -2.22. The lowest BCUT2D eigenvalue weighted by molar-refractivity contribution is -0.137. The number of pyridine rings is 1. The highest BCUT2D eigenvalue weighted by molar-refractivity contribution is 6.31. The topological polar surface area (TPSA) is 66.8 Å². The third kappa shape index (κ3) is 5.96. The van der Waals surface area contributed by atoms with E-state index in [9.17, 15) is 18.0 Å². The molecule has 1 N–H and O–H groups in total. The minimum absolute atomic E-state index is 0.0570. The number of carbonyl (C=O) groups excluding carboxylic acids is 1. The first-order valence-electron chi connectivity index (χ1n) is 5.54. The normalized spacial score (nSPS) is 11.7. The van der Waals surface area contributed by atoms with Crippen LogP contribution in [0, 0.1) is 0 Å². The highest BCUT2D eigenvalue weighted by atomic mass is 35.5. The van der Waals surface area contributed by atoms with Crippen molar-refractivity contribution >= 4 is 24.0 Å². The molecular formula is C11H12ClF3N4O2. The van der Waals surface area contributed by atoms with E-state index in [0.717, 1.165) is 6.07 Å². The summed E-state index contributed by atoms with van der Waals surface area (Å²) in [6, 6.07) is -0.0362. The molecule has 0 spiro atoms. The number of hydrogen-bond donors (Lipinski definition) is 1. The Morgan fingerprint density at radius 3 is 2.76 bits per heavy atom. The fourth-order valence-electron chi connectivity index (χ4n) is 1.09. The number of amides is 2. The van der Waals surface area contributed by atoms with E-state index >= 15 is 0 Å². The van der Waals surface area contributed by atoms with Crippen LogP contribution in [-0.2, 0) is 17.6 Å². The number of aliphatic imine (C=N–C) groups is 1. The Kier molecular flexibility index (Phi) is 5.91. The van der Waals surface area contributed by atoms with Crippen LogP contribution in [0.1, 0.15) is 11.3 Å². The van der Waals surface area contributed by atoms with Crippen LogP contribution in [0.3, 0.4) is 0 Å². The van der Waals surface area contributed by atoms with Crippen LogP contribution < -0.4 is 5.48 Å². The first-order valence-corrected chi connectivity index (χ1v) is 5.92. The van der Waals surface area contributed by atoms with Gasteiger partial charge in [0, 0.05) is 20.3 Å². The molecule has 1 aromatic heterocycles. The van der Waals surface area contributed by atoms with Gasteiger partial charge in [-0.05, 0) is 6.07 Å². The molecule has 0 saturated carbocycles. The molecule has 116 valence electrons. The number of nitrogens with zero attached hydrogens (tertiary/aromatic N) is 3. The average molecular weight is 325 g/mol. The summed E-state index contributed by atoms with van der Waals surface area (Å²) in [5, 5.41) is -0.212. The zero-order valence-electron chi connectivity index (χ0n) is 11.1. The van der Waals surface area contributed by atoms with Crippen molar-refractivity contribution in [3.8, 4) is 0 Å². The third-order valence-electron chi connectivity index (χ3n) is 2.02. The van der Waals surface area contributed by atoms with E-state index in [1.807, 2.05) is 5.48 Å². The van der Waals surface area contributed by atoms with Gasteiger partial charge in [0.15, 0.2) is 0 Å². The Bertz CT molecular complexity index is 535. The average Bonchev–Trinajstić information content (AvgIpc) is 2.37. The van der Waals surface area contributed by atoms with Crippen molar-refractivity contribution in [3.63, 3.8) is 0 Å². The second-order valence-corrected chi connectivity index (χ2v) is 4.46. The van der Waals surface area contributed by atoms with Crippen molar-refractivity contribution in [2.75, 3.05) is 14.1 Å². The van der Waals surface area contributed by atoms with E-state index in [2.05, 4.69) is 9.98 Å². The van der Waals surface area contributed by atoms with Crippen molar-refractivity contribution in [3.05, 3.63) is 28.5 Å². The summed E-state index contributed by atoms with van der Waals surface area (Å²) < 4.78 is 37.2. The molecule has 0 unspecified atom stereocenters. The van der Waals surface area contributed by atoms with Crippen molar-refractivity contribution < 1.29 is 22.8 Å². The number of rotatable bonds is 4. The molecule has 0 aliphatic heterocycles. The van der Waals surface area contributed by atoms with Gasteiger partial charge in [0.05, 0.1) is 22.6 Å². The van der Waals surface area contributed by atoms with Crippen LogP contribution in [0.2, 0.25) is 5.02 Å². The third-order valence-corrected chi connectivity index (χ3v) is 2.35. The van der Waals surface area contributed by atoms with E-state index in [-0.39, 0.29) is 17.3 Å². The van der Waals surface area contributed by atoms with E-state index in [0.29, 0.717) is 6.20 Å². The zero-order chi connectivity index (χ0) is 16.0. The molecule has 0 atom stereocenters. The Morgan fingerprint density at radius 1 is 1.57 bits per heavy atom. The number of aromatic nitrogens is 1. The molecule has 0 saturated heterocycles. The summed E-state index contributed by atoms with van der Waals surface area (Å²) in [6.07, 6.45) is -2.64. The first kappa shape index (κ1) is 17.2. The molecule has 1 aromatic rings. The molecule has 0 aliphatic rings. The molecule has 0 radical (unpaired) electrons. The number of alkyl halides is 3. The van der Waals surface area contributed by atoms with Crippen LogP contribution >= 0.6 is 11.6 Å². The van der Waals surface area contributed by atoms with Crippen molar-refractivity contribution in [2.45, 2.75) is 12.8 Å². The fraction of sp³-hybridized carbons (Fsp3) is 0.364. The molecule has 6 nitrogen and oxygen atoms in total. The molecule has 2 amide bonds. The molecule has 1 rings (SSSR count). The van der Waals surface area contributed by atoms with Gasteiger partial charge in [-0.1, -0.05) is 11.6 Å². The molecule has 0 aliphatic carbocycles. The largest absolute Gasteiger partial charge is 0.417 e. The summed E-state index contributed by atoms with van der Waals surface area (Å²) in [4.78, 5) is 24.4. The zero-order valence-corrected chi connectivity index (χ0v) is 11.9. The minimum atomic E-state index is -4.52. The predicted molar refractivity (Wildman–Crippen MR) is 69.7 cm³/mol. The van der Waals surface area contributed by atoms with E-state index in [4.69, 9.17) is 16.4 Å². The number of urea groups is 1. The Hall–Kier alpha value is -1.87. The number of halogens is 4. The number of hydrogen-bond acceptors (Lipinski definition) is 3. The van der Waals surface area contributed by atoms with Crippen LogP contribution in [0.4, 0.5) is 18.0 Å². The lowest BCUT2D eigenvalue weighted by atomic mass is 10.2. The molecule has 10 heteroatoms. The summed E-state index contributed by atoms with van der Waals surface area (Å²) in [7, 11) is 3.34. The highest BCUT2D eigenvalue weighted by Crippen LogP contribution is 2.31. The molecule has 0 fully saturated rings. The maximum atomic E-state index is 12.4. The van der Waals surface area contributed by atoms with Gasteiger partial charge in [0.25, 0.3) is 0 Å².